The smallest absolute Gasteiger partial charge is 0.277 e. The molecule has 2 aromatic carbocycles. The van der Waals surface area contributed by atoms with E-state index in [0.717, 1.165) is 11.0 Å². The second-order valence-corrected chi connectivity index (χ2v) is 7.05. The fourth-order valence-corrected chi connectivity index (χ4v) is 3.73. The lowest BCUT2D eigenvalue weighted by molar-refractivity contribution is 0.601. The predicted molar refractivity (Wildman–Crippen MR) is 108 cm³/mol. The minimum atomic E-state index is -0.437. The maximum atomic E-state index is 14.4. The van der Waals surface area contributed by atoms with Crippen LogP contribution in [-0.2, 0) is 0 Å². The van der Waals surface area contributed by atoms with Gasteiger partial charge in [0.25, 0.3) is 5.56 Å². The quantitative estimate of drug-likeness (QED) is 0.473. The molecule has 8 heteroatoms. The summed E-state index contributed by atoms with van der Waals surface area (Å²) in [5.74, 6) is -0.437. The highest BCUT2D eigenvalue weighted by Gasteiger charge is 2.22. The highest BCUT2D eigenvalue weighted by molar-refractivity contribution is 5.84. The van der Waals surface area contributed by atoms with Gasteiger partial charge in [-0.25, -0.2) is 14.1 Å². The van der Waals surface area contributed by atoms with Crippen LogP contribution in [0.3, 0.4) is 0 Å². The molecule has 5 aromatic rings. The molecule has 0 unspecified atom stereocenters. The van der Waals surface area contributed by atoms with Crippen LogP contribution in [0.15, 0.2) is 65.8 Å². The first-order valence-corrected chi connectivity index (χ1v) is 9.24. The average molecular weight is 388 g/mol. The average Bonchev–Trinajstić information content (AvgIpc) is 3.35. The third-order valence-electron chi connectivity index (χ3n) is 4.98. The molecule has 7 nitrogen and oxygen atoms in total. The van der Waals surface area contributed by atoms with Crippen molar-refractivity contribution in [1.29, 1.82) is 0 Å². The Kier molecular flexibility index (Phi) is 3.80. The molecule has 3 aromatic heterocycles. The first kappa shape index (κ1) is 17.3. The van der Waals surface area contributed by atoms with Crippen LogP contribution in [0, 0.1) is 5.82 Å². The molecule has 0 fully saturated rings. The minimum Gasteiger partial charge on any atom is -0.302 e. The zero-order valence-electron chi connectivity index (χ0n) is 15.8. The number of fused-ring (bicyclic) bond motifs is 3. The predicted octanol–water partition coefficient (Wildman–Crippen LogP) is 3.62. The summed E-state index contributed by atoms with van der Waals surface area (Å²) in [7, 11) is 0. The number of para-hydroxylation sites is 3. The Morgan fingerprint density at radius 1 is 1.00 bits per heavy atom. The summed E-state index contributed by atoms with van der Waals surface area (Å²) in [6, 6.07) is 13.9. The fourth-order valence-electron chi connectivity index (χ4n) is 3.73. The van der Waals surface area contributed by atoms with E-state index >= 15 is 0 Å². The summed E-state index contributed by atoms with van der Waals surface area (Å²) in [5, 5.41) is 7.97. The van der Waals surface area contributed by atoms with Crippen molar-refractivity contribution in [2.24, 2.45) is 0 Å². The maximum absolute atomic E-state index is 14.4. The van der Waals surface area contributed by atoms with E-state index in [9.17, 15) is 9.18 Å². The van der Waals surface area contributed by atoms with Gasteiger partial charge in [-0.1, -0.05) is 29.5 Å². The number of hydrogen-bond acceptors (Lipinski definition) is 4. The van der Waals surface area contributed by atoms with Gasteiger partial charge in [0.2, 0.25) is 0 Å². The maximum Gasteiger partial charge on any atom is 0.277 e. The summed E-state index contributed by atoms with van der Waals surface area (Å²) in [4.78, 5) is 17.9. The first-order chi connectivity index (χ1) is 14.1. The van der Waals surface area contributed by atoms with Gasteiger partial charge in [0.15, 0.2) is 0 Å². The largest absolute Gasteiger partial charge is 0.302 e. The van der Waals surface area contributed by atoms with Gasteiger partial charge in [-0.3, -0.25) is 9.20 Å². The summed E-state index contributed by atoms with van der Waals surface area (Å²) in [6.45, 7) is 3.93. The van der Waals surface area contributed by atoms with Crippen molar-refractivity contribution >= 4 is 16.6 Å². The molecule has 0 atom stereocenters. The molecule has 0 bridgehead atoms. The van der Waals surface area contributed by atoms with E-state index in [0.29, 0.717) is 16.9 Å². The highest BCUT2D eigenvalue weighted by Crippen LogP contribution is 2.27. The van der Waals surface area contributed by atoms with Crippen molar-refractivity contribution in [2.75, 3.05) is 0 Å². The molecule has 0 saturated carbocycles. The molecular weight excluding hydrogens is 371 g/mol. The molecule has 0 N–H and O–H groups in total. The standard InChI is InChI=1S/C21H17FN6O/c1-13(2)27-17-10-6-5-9-16(17)26-12-23-19(20(26)21(27)29)18-11-24-25-28(18)15-8-4-3-7-14(15)22/h3-13H,1-2H3. The number of halogens is 1. The molecule has 5 rings (SSSR count). The molecule has 0 radical (unpaired) electrons. The van der Waals surface area contributed by atoms with Crippen LogP contribution < -0.4 is 5.56 Å². The van der Waals surface area contributed by atoms with E-state index < -0.39 is 5.82 Å². The fraction of sp³-hybridized carbons (Fsp3) is 0.143. The SMILES string of the molecule is CC(C)n1c(=O)c2c(-c3cnnn3-c3ccccc3F)ncn2c2ccccc21. The van der Waals surface area contributed by atoms with Crippen molar-refractivity contribution in [3.05, 3.63) is 77.2 Å². The van der Waals surface area contributed by atoms with Crippen molar-refractivity contribution < 1.29 is 4.39 Å². The number of hydrogen-bond donors (Lipinski definition) is 0. The second-order valence-electron chi connectivity index (χ2n) is 7.05. The van der Waals surface area contributed by atoms with Gasteiger partial charge in [-0.15, -0.1) is 5.10 Å². The number of benzene rings is 2. The highest BCUT2D eigenvalue weighted by atomic mass is 19.1. The Balaban J connectivity index is 1.87. The number of aromatic nitrogens is 6. The summed E-state index contributed by atoms with van der Waals surface area (Å²) < 4.78 is 19.2. The lowest BCUT2D eigenvalue weighted by Crippen LogP contribution is -2.24. The topological polar surface area (TPSA) is 70.0 Å². The van der Waals surface area contributed by atoms with Gasteiger partial charge in [-0.2, -0.15) is 0 Å². The van der Waals surface area contributed by atoms with Crippen LogP contribution in [0.2, 0.25) is 0 Å². The zero-order valence-corrected chi connectivity index (χ0v) is 15.8. The van der Waals surface area contributed by atoms with E-state index in [4.69, 9.17) is 0 Å². The monoisotopic (exact) mass is 388 g/mol. The van der Waals surface area contributed by atoms with Crippen LogP contribution in [0.25, 0.3) is 33.6 Å². The van der Waals surface area contributed by atoms with Crippen molar-refractivity contribution in [3.8, 4) is 17.1 Å². The van der Waals surface area contributed by atoms with E-state index in [1.165, 1.54) is 16.9 Å². The zero-order chi connectivity index (χ0) is 20.1. The minimum absolute atomic E-state index is 0.0465. The molecule has 29 heavy (non-hydrogen) atoms. The van der Waals surface area contributed by atoms with E-state index in [2.05, 4.69) is 15.3 Å². The molecule has 0 aliphatic carbocycles. The third kappa shape index (κ3) is 2.49. The van der Waals surface area contributed by atoms with Gasteiger partial charge in [0.05, 0.1) is 17.2 Å². The number of rotatable bonds is 3. The van der Waals surface area contributed by atoms with Gasteiger partial charge >= 0.3 is 0 Å². The normalized spacial score (nSPS) is 11.7. The van der Waals surface area contributed by atoms with Crippen molar-refractivity contribution in [2.45, 2.75) is 19.9 Å². The van der Waals surface area contributed by atoms with Crippen LogP contribution in [0.5, 0.6) is 0 Å². The Morgan fingerprint density at radius 3 is 2.48 bits per heavy atom. The van der Waals surface area contributed by atoms with Crippen molar-refractivity contribution in [3.63, 3.8) is 0 Å². The van der Waals surface area contributed by atoms with E-state index in [1.54, 1.807) is 33.5 Å². The summed E-state index contributed by atoms with van der Waals surface area (Å²) >= 11 is 0. The number of imidazole rings is 1. The molecule has 0 aliphatic rings. The lowest BCUT2D eigenvalue weighted by atomic mass is 10.2. The van der Waals surface area contributed by atoms with E-state index in [1.807, 2.05) is 38.1 Å². The summed E-state index contributed by atoms with van der Waals surface area (Å²) in [6.07, 6.45) is 3.10. The van der Waals surface area contributed by atoms with Crippen LogP contribution in [0.1, 0.15) is 19.9 Å². The molecule has 0 amide bonds. The second kappa shape index (κ2) is 6.37. The Bertz CT molecular complexity index is 1430. The van der Waals surface area contributed by atoms with Crippen LogP contribution >= 0.6 is 0 Å². The Morgan fingerprint density at radius 2 is 1.72 bits per heavy atom. The van der Waals surface area contributed by atoms with Gasteiger partial charge in [0.1, 0.15) is 34.7 Å². The lowest BCUT2D eigenvalue weighted by Gasteiger charge is -2.15. The van der Waals surface area contributed by atoms with Crippen LogP contribution in [0.4, 0.5) is 4.39 Å². The molecule has 0 spiro atoms. The van der Waals surface area contributed by atoms with Gasteiger partial charge < -0.3 is 4.57 Å². The van der Waals surface area contributed by atoms with Crippen molar-refractivity contribution in [1.82, 2.24) is 28.9 Å². The van der Waals surface area contributed by atoms with E-state index in [-0.39, 0.29) is 17.3 Å². The molecule has 144 valence electrons. The van der Waals surface area contributed by atoms with Gasteiger partial charge in [0, 0.05) is 6.04 Å². The Hall–Kier alpha value is -3.81. The number of nitrogens with zero attached hydrogens (tertiary/aromatic N) is 6. The van der Waals surface area contributed by atoms with Gasteiger partial charge in [-0.05, 0) is 38.1 Å². The Labute approximate surface area is 164 Å². The summed E-state index contributed by atoms with van der Waals surface area (Å²) in [5.41, 5.74) is 3.00. The first-order valence-electron chi connectivity index (χ1n) is 9.24. The molecule has 3 heterocycles. The third-order valence-corrected chi connectivity index (χ3v) is 4.98. The molecule has 0 saturated heterocycles. The van der Waals surface area contributed by atoms with Crippen LogP contribution in [-0.4, -0.2) is 28.9 Å². The molecular formula is C21H17FN6O. The molecule has 0 aliphatic heterocycles.